The predicted molar refractivity (Wildman–Crippen MR) is 112 cm³/mol. The van der Waals surface area contributed by atoms with E-state index in [9.17, 15) is 29.1 Å². The van der Waals surface area contributed by atoms with Crippen LogP contribution in [0.15, 0.2) is 12.5 Å². The molecule has 4 unspecified atom stereocenters. The molecule has 33 heavy (non-hydrogen) atoms. The van der Waals surface area contributed by atoms with E-state index in [4.69, 9.17) is 10.8 Å². The Morgan fingerprint density at radius 2 is 1.82 bits per heavy atom. The lowest BCUT2D eigenvalue weighted by Crippen LogP contribution is -2.58. The zero-order valence-corrected chi connectivity index (χ0v) is 17.9. The van der Waals surface area contributed by atoms with Crippen molar-refractivity contribution in [3.8, 4) is 0 Å². The topological polar surface area (TPSA) is 229 Å². The van der Waals surface area contributed by atoms with Crippen molar-refractivity contribution in [2.75, 3.05) is 13.2 Å². The summed E-state index contributed by atoms with van der Waals surface area (Å²) in [6.45, 7) is -0.185. The van der Waals surface area contributed by atoms with Crippen LogP contribution in [0, 0.1) is 0 Å². The number of rotatable bonds is 13. The van der Waals surface area contributed by atoms with Crippen LogP contribution in [0.5, 0.6) is 0 Å². The van der Waals surface area contributed by atoms with Gasteiger partial charge in [0, 0.05) is 24.7 Å². The Bertz CT molecular complexity index is 840. The maximum Gasteiger partial charge on any atom is 0.328 e. The van der Waals surface area contributed by atoms with Gasteiger partial charge in [0.2, 0.25) is 23.6 Å². The molecule has 4 atom stereocenters. The summed E-state index contributed by atoms with van der Waals surface area (Å²) in [4.78, 5) is 67.2. The summed E-state index contributed by atoms with van der Waals surface area (Å²) in [6, 6.07) is -4.46. The first-order chi connectivity index (χ1) is 15.7. The first-order valence-corrected chi connectivity index (χ1v) is 10.4. The fourth-order valence-electron chi connectivity index (χ4n) is 3.29. The van der Waals surface area contributed by atoms with Crippen LogP contribution in [0.3, 0.4) is 0 Å². The van der Waals surface area contributed by atoms with Crippen molar-refractivity contribution < 1.29 is 34.2 Å². The molecule has 1 aromatic heterocycles. The van der Waals surface area contributed by atoms with Gasteiger partial charge >= 0.3 is 5.97 Å². The molecule has 1 fully saturated rings. The molecule has 0 aliphatic carbocycles. The third kappa shape index (κ3) is 8.16. The zero-order valence-electron chi connectivity index (χ0n) is 17.9. The van der Waals surface area contributed by atoms with Crippen LogP contribution in [0.1, 0.15) is 31.4 Å². The molecule has 1 aliphatic heterocycles. The first kappa shape index (κ1) is 25.7. The molecule has 2 heterocycles. The number of carbonyl (C=O) groups is 5. The van der Waals surface area contributed by atoms with Gasteiger partial charge in [0.25, 0.3) is 0 Å². The van der Waals surface area contributed by atoms with E-state index in [1.807, 2.05) is 0 Å². The number of aliphatic hydroxyl groups is 1. The minimum absolute atomic E-state index is 0.0734. The Hall–Kier alpha value is -3.52. The van der Waals surface area contributed by atoms with Gasteiger partial charge in [-0.1, -0.05) is 0 Å². The van der Waals surface area contributed by atoms with E-state index in [0.29, 0.717) is 18.7 Å². The Balaban J connectivity index is 2.14. The highest BCUT2D eigenvalue weighted by Crippen LogP contribution is 2.08. The molecule has 1 saturated heterocycles. The highest BCUT2D eigenvalue weighted by Gasteiger charge is 2.31. The van der Waals surface area contributed by atoms with Crippen molar-refractivity contribution in [3.63, 3.8) is 0 Å². The minimum atomic E-state index is -1.57. The van der Waals surface area contributed by atoms with E-state index in [-0.39, 0.29) is 19.3 Å². The highest BCUT2D eigenvalue weighted by molar-refractivity contribution is 5.94. The van der Waals surface area contributed by atoms with Gasteiger partial charge in [0.15, 0.2) is 0 Å². The molecule has 0 aromatic carbocycles. The molecule has 2 rings (SSSR count). The molecule has 1 aromatic rings. The number of aromatic nitrogens is 2. The molecule has 9 N–H and O–H groups in total. The third-order valence-electron chi connectivity index (χ3n) is 5.10. The number of primary amides is 1. The van der Waals surface area contributed by atoms with Crippen LogP contribution in [0.2, 0.25) is 0 Å². The number of aliphatic carboxylic acids is 1. The number of aromatic amines is 1. The van der Waals surface area contributed by atoms with Crippen LogP contribution in [-0.2, 0) is 30.4 Å². The number of aliphatic hydroxyl groups excluding tert-OH is 1. The summed E-state index contributed by atoms with van der Waals surface area (Å²) in [5, 5.41) is 28.5. The van der Waals surface area contributed by atoms with Crippen LogP contribution < -0.4 is 27.0 Å². The van der Waals surface area contributed by atoms with Crippen molar-refractivity contribution >= 4 is 29.6 Å². The van der Waals surface area contributed by atoms with E-state index >= 15 is 0 Å². The highest BCUT2D eigenvalue weighted by atomic mass is 16.4. The van der Waals surface area contributed by atoms with Crippen molar-refractivity contribution in [2.45, 2.75) is 56.3 Å². The standard InChI is InChI=1S/C19H29N7O7/c20-15(28)4-3-12(24-16(29)11-2-1-5-22-11)17(30)25-13(6-10-7-21-9-23-10)18(31)26-14(8-27)19(32)33/h7,9,11-14,22,27H,1-6,8H2,(H2,20,28)(H,21,23)(H,24,29)(H,25,30)(H,26,31)(H,32,33). The summed E-state index contributed by atoms with van der Waals surface area (Å²) in [7, 11) is 0. The summed E-state index contributed by atoms with van der Waals surface area (Å²) < 4.78 is 0. The van der Waals surface area contributed by atoms with Gasteiger partial charge < -0.3 is 42.2 Å². The monoisotopic (exact) mass is 467 g/mol. The summed E-state index contributed by atoms with van der Waals surface area (Å²) in [5.41, 5.74) is 5.65. The molecule has 14 heteroatoms. The van der Waals surface area contributed by atoms with Gasteiger partial charge in [0.1, 0.15) is 18.1 Å². The number of hydrogen-bond donors (Lipinski definition) is 8. The second kappa shape index (κ2) is 12.5. The van der Waals surface area contributed by atoms with E-state index in [2.05, 4.69) is 31.2 Å². The van der Waals surface area contributed by atoms with Gasteiger partial charge in [-0.15, -0.1) is 0 Å². The average molecular weight is 467 g/mol. The number of nitrogens with two attached hydrogens (primary N) is 1. The molecule has 0 radical (unpaired) electrons. The Morgan fingerprint density at radius 1 is 1.12 bits per heavy atom. The largest absolute Gasteiger partial charge is 0.480 e. The first-order valence-electron chi connectivity index (χ1n) is 10.4. The number of H-pyrrole nitrogens is 1. The Kier molecular flexibility index (Phi) is 9.75. The van der Waals surface area contributed by atoms with E-state index in [1.54, 1.807) is 0 Å². The second-order valence-corrected chi connectivity index (χ2v) is 7.64. The number of hydrogen-bond acceptors (Lipinski definition) is 8. The van der Waals surface area contributed by atoms with Crippen LogP contribution in [-0.4, -0.2) is 87.1 Å². The normalized spacial score (nSPS) is 18.0. The third-order valence-corrected chi connectivity index (χ3v) is 5.10. The van der Waals surface area contributed by atoms with Gasteiger partial charge in [-0.25, -0.2) is 9.78 Å². The molecule has 14 nitrogen and oxygen atoms in total. The number of carboxylic acid groups (broad SMARTS) is 1. The number of carboxylic acids is 1. The fourth-order valence-corrected chi connectivity index (χ4v) is 3.29. The minimum Gasteiger partial charge on any atom is -0.480 e. The number of nitrogens with one attached hydrogen (secondary N) is 5. The molecule has 1 aliphatic rings. The molecule has 0 bridgehead atoms. The maximum atomic E-state index is 13.0. The van der Waals surface area contributed by atoms with Crippen molar-refractivity contribution in [2.24, 2.45) is 5.73 Å². The molecule has 4 amide bonds. The number of amides is 4. The summed E-state index contributed by atoms with van der Waals surface area (Å²) in [5.74, 6) is -4.15. The zero-order chi connectivity index (χ0) is 24.4. The fraction of sp³-hybridized carbons (Fsp3) is 0.579. The molecule has 182 valence electrons. The van der Waals surface area contributed by atoms with E-state index < -0.39 is 60.4 Å². The number of carbonyl (C=O) groups excluding carboxylic acids is 4. The van der Waals surface area contributed by atoms with Gasteiger partial charge in [-0.05, 0) is 25.8 Å². The number of imidazole rings is 1. The SMILES string of the molecule is NC(=O)CCC(NC(=O)C1CCCN1)C(=O)NC(Cc1cnc[nH]1)C(=O)NC(CO)C(=O)O. The lowest BCUT2D eigenvalue weighted by atomic mass is 10.1. The molecule has 0 spiro atoms. The van der Waals surface area contributed by atoms with Crippen molar-refractivity contribution in [1.82, 2.24) is 31.2 Å². The van der Waals surface area contributed by atoms with E-state index in [0.717, 1.165) is 6.42 Å². The van der Waals surface area contributed by atoms with E-state index in [1.165, 1.54) is 12.5 Å². The van der Waals surface area contributed by atoms with Crippen LogP contribution in [0.25, 0.3) is 0 Å². The van der Waals surface area contributed by atoms with Crippen molar-refractivity contribution in [1.29, 1.82) is 0 Å². The van der Waals surface area contributed by atoms with Gasteiger partial charge in [-0.3, -0.25) is 19.2 Å². The van der Waals surface area contributed by atoms with Crippen molar-refractivity contribution in [3.05, 3.63) is 18.2 Å². The maximum absolute atomic E-state index is 13.0. The lowest BCUT2D eigenvalue weighted by Gasteiger charge is -2.24. The lowest BCUT2D eigenvalue weighted by molar-refractivity contribution is -0.143. The number of nitrogens with zero attached hydrogens (tertiary/aromatic N) is 1. The summed E-state index contributed by atoms with van der Waals surface area (Å²) in [6.07, 6.45) is 3.84. The molecular weight excluding hydrogens is 438 g/mol. The predicted octanol–water partition coefficient (Wildman–Crippen LogP) is -3.50. The van der Waals surface area contributed by atoms with Gasteiger partial charge in [-0.2, -0.15) is 0 Å². The quantitative estimate of drug-likeness (QED) is 0.144. The second-order valence-electron chi connectivity index (χ2n) is 7.64. The van der Waals surface area contributed by atoms with Crippen LogP contribution >= 0.6 is 0 Å². The molecule has 0 saturated carbocycles. The van der Waals surface area contributed by atoms with Crippen LogP contribution in [0.4, 0.5) is 0 Å². The average Bonchev–Trinajstić information content (AvgIpc) is 3.47. The van der Waals surface area contributed by atoms with Gasteiger partial charge in [0.05, 0.1) is 19.0 Å². The molecular formula is C19H29N7O7. The Labute approximate surface area is 189 Å². The summed E-state index contributed by atoms with van der Waals surface area (Å²) >= 11 is 0. The Morgan fingerprint density at radius 3 is 2.36 bits per heavy atom. The smallest absolute Gasteiger partial charge is 0.328 e.